The van der Waals surface area contributed by atoms with Crippen LogP contribution in [0.3, 0.4) is 0 Å². The molecule has 0 amide bonds. The molecular formula is C14H26F3N. The van der Waals surface area contributed by atoms with Crippen molar-refractivity contribution in [3.05, 3.63) is 0 Å². The minimum absolute atomic E-state index is 0.383. The second-order valence-electron chi connectivity index (χ2n) is 5.55. The summed E-state index contributed by atoms with van der Waals surface area (Å²) in [6.07, 6.45) is 4.04. The molecule has 0 bridgehead atoms. The highest BCUT2D eigenvalue weighted by Crippen LogP contribution is 2.30. The summed E-state index contributed by atoms with van der Waals surface area (Å²) in [6, 6.07) is -0.383. The van der Waals surface area contributed by atoms with Crippen LogP contribution in [0.1, 0.15) is 64.7 Å². The van der Waals surface area contributed by atoms with Crippen molar-refractivity contribution in [1.82, 2.24) is 5.32 Å². The number of halogens is 3. The first-order valence-electron chi connectivity index (χ1n) is 7.31. The SMILES string of the molecule is CCCNC(CCC1CCCCC1)CC(F)(F)F. The van der Waals surface area contributed by atoms with Gasteiger partial charge in [0.15, 0.2) is 0 Å². The largest absolute Gasteiger partial charge is 0.390 e. The third-order valence-corrected chi connectivity index (χ3v) is 3.81. The molecule has 1 fully saturated rings. The molecule has 0 spiro atoms. The third-order valence-electron chi connectivity index (χ3n) is 3.81. The van der Waals surface area contributed by atoms with Crippen molar-refractivity contribution in [2.45, 2.75) is 76.9 Å². The molecule has 0 aromatic rings. The highest BCUT2D eigenvalue weighted by Gasteiger charge is 2.31. The fraction of sp³-hybridized carbons (Fsp3) is 1.00. The van der Waals surface area contributed by atoms with E-state index in [2.05, 4.69) is 5.32 Å². The predicted molar refractivity (Wildman–Crippen MR) is 68.6 cm³/mol. The average Bonchev–Trinajstić information content (AvgIpc) is 2.32. The molecule has 0 saturated heterocycles. The molecule has 0 heterocycles. The van der Waals surface area contributed by atoms with E-state index in [0.717, 1.165) is 12.8 Å². The maximum Gasteiger partial charge on any atom is 0.390 e. The van der Waals surface area contributed by atoms with Crippen LogP contribution in [0.15, 0.2) is 0 Å². The summed E-state index contributed by atoms with van der Waals surface area (Å²) in [5, 5.41) is 3.05. The van der Waals surface area contributed by atoms with Crippen LogP contribution in [-0.2, 0) is 0 Å². The van der Waals surface area contributed by atoms with E-state index < -0.39 is 12.6 Å². The molecule has 0 aromatic carbocycles. The molecule has 0 aliphatic heterocycles. The lowest BCUT2D eigenvalue weighted by Crippen LogP contribution is -2.34. The Morgan fingerprint density at radius 3 is 2.39 bits per heavy atom. The Morgan fingerprint density at radius 1 is 1.17 bits per heavy atom. The molecule has 108 valence electrons. The Kier molecular flexibility index (Phi) is 7.05. The number of alkyl halides is 3. The lowest BCUT2D eigenvalue weighted by Gasteiger charge is -2.25. The maximum atomic E-state index is 12.5. The summed E-state index contributed by atoms with van der Waals surface area (Å²) in [5.41, 5.74) is 0. The highest BCUT2D eigenvalue weighted by molar-refractivity contribution is 4.74. The summed E-state index contributed by atoms with van der Waals surface area (Å²) in [7, 11) is 0. The van der Waals surface area contributed by atoms with E-state index in [1.165, 1.54) is 32.1 Å². The van der Waals surface area contributed by atoms with Gasteiger partial charge in [0, 0.05) is 6.04 Å². The van der Waals surface area contributed by atoms with Crippen LogP contribution in [0, 0.1) is 5.92 Å². The third kappa shape index (κ3) is 7.24. The van der Waals surface area contributed by atoms with E-state index in [9.17, 15) is 13.2 Å². The van der Waals surface area contributed by atoms with Crippen LogP contribution in [0.5, 0.6) is 0 Å². The van der Waals surface area contributed by atoms with Crippen molar-refractivity contribution in [1.29, 1.82) is 0 Å². The van der Waals surface area contributed by atoms with Crippen molar-refractivity contribution in [3.63, 3.8) is 0 Å². The summed E-state index contributed by atoms with van der Waals surface area (Å²) in [5.74, 6) is 0.665. The highest BCUT2D eigenvalue weighted by atomic mass is 19.4. The van der Waals surface area contributed by atoms with Gasteiger partial charge in [-0.05, 0) is 31.7 Å². The van der Waals surface area contributed by atoms with Crippen LogP contribution in [-0.4, -0.2) is 18.8 Å². The fourth-order valence-electron chi connectivity index (χ4n) is 2.82. The van der Waals surface area contributed by atoms with Crippen LogP contribution in [0.4, 0.5) is 13.2 Å². The Hall–Kier alpha value is -0.250. The molecule has 18 heavy (non-hydrogen) atoms. The summed E-state index contributed by atoms with van der Waals surface area (Å²) >= 11 is 0. The Bertz CT molecular complexity index is 210. The molecule has 4 heteroatoms. The number of hydrogen-bond acceptors (Lipinski definition) is 1. The van der Waals surface area contributed by atoms with Crippen molar-refractivity contribution < 1.29 is 13.2 Å². The fourth-order valence-corrected chi connectivity index (χ4v) is 2.82. The normalized spacial score (nSPS) is 20.0. The number of nitrogens with one attached hydrogen (secondary N) is 1. The van der Waals surface area contributed by atoms with Gasteiger partial charge in [0.2, 0.25) is 0 Å². The Labute approximate surface area is 109 Å². The summed E-state index contributed by atoms with van der Waals surface area (Å²) < 4.78 is 37.4. The second kappa shape index (κ2) is 8.03. The average molecular weight is 265 g/mol. The molecule has 1 N–H and O–H groups in total. The van der Waals surface area contributed by atoms with Gasteiger partial charge < -0.3 is 5.32 Å². The van der Waals surface area contributed by atoms with Gasteiger partial charge in [-0.3, -0.25) is 0 Å². The zero-order valence-corrected chi connectivity index (χ0v) is 11.4. The standard InChI is InChI=1S/C14H26F3N/c1-2-10-18-13(11-14(15,16)17)9-8-12-6-4-3-5-7-12/h12-13,18H,2-11H2,1H3. The van der Waals surface area contributed by atoms with Crippen molar-refractivity contribution in [2.75, 3.05) is 6.54 Å². The van der Waals surface area contributed by atoms with Crippen LogP contribution >= 0.6 is 0 Å². The van der Waals surface area contributed by atoms with E-state index in [1.54, 1.807) is 0 Å². The smallest absolute Gasteiger partial charge is 0.314 e. The molecule has 1 nitrogen and oxygen atoms in total. The van der Waals surface area contributed by atoms with E-state index >= 15 is 0 Å². The predicted octanol–water partition coefficient (Wildman–Crippen LogP) is 4.67. The van der Waals surface area contributed by atoms with Gasteiger partial charge in [-0.1, -0.05) is 39.0 Å². The molecule has 1 atom stereocenters. The molecule has 1 aliphatic carbocycles. The molecular weight excluding hydrogens is 239 g/mol. The van der Waals surface area contributed by atoms with E-state index in [0.29, 0.717) is 18.9 Å². The number of hydrogen-bond donors (Lipinski definition) is 1. The maximum absolute atomic E-state index is 12.5. The minimum atomic E-state index is -4.04. The quantitative estimate of drug-likeness (QED) is 0.705. The van der Waals surface area contributed by atoms with Gasteiger partial charge in [0.05, 0.1) is 6.42 Å². The van der Waals surface area contributed by atoms with Gasteiger partial charge in [0.25, 0.3) is 0 Å². The second-order valence-corrected chi connectivity index (χ2v) is 5.55. The monoisotopic (exact) mass is 265 g/mol. The zero-order chi connectivity index (χ0) is 13.4. The number of rotatable bonds is 7. The molecule has 1 unspecified atom stereocenters. The molecule has 1 aliphatic rings. The van der Waals surface area contributed by atoms with Crippen LogP contribution in [0.25, 0.3) is 0 Å². The van der Waals surface area contributed by atoms with E-state index in [4.69, 9.17) is 0 Å². The van der Waals surface area contributed by atoms with Crippen molar-refractivity contribution in [2.24, 2.45) is 5.92 Å². The molecule has 1 saturated carbocycles. The molecule has 0 radical (unpaired) electrons. The minimum Gasteiger partial charge on any atom is -0.314 e. The van der Waals surface area contributed by atoms with Crippen LogP contribution in [0.2, 0.25) is 0 Å². The Balaban J connectivity index is 2.29. The van der Waals surface area contributed by atoms with Gasteiger partial charge >= 0.3 is 6.18 Å². The zero-order valence-electron chi connectivity index (χ0n) is 11.4. The summed E-state index contributed by atoms with van der Waals surface area (Å²) in [4.78, 5) is 0. The van der Waals surface area contributed by atoms with Gasteiger partial charge in [-0.15, -0.1) is 0 Å². The van der Waals surface area contributed by atoms with Crippen molar-refractivity contribution >= 4 is 0 Å². The first-order valence-corrected chi connectivity index (χ1v) is 7.31. The molecule has 0 aromatic heterocycles. The first-order chi connectivity index (χ1) is 8.51. The van der Waals surface area contributed by atoms with Crippen molar-refractivity contribution in [3.8, 4) is 0 Å². The van der Waals surface area contributed by atoms with Crippen LogP contribution < -0.4 is 5.32 Å². The Morgan fingerprint density at radius 2 is 1.83 bits per heavy atom. The molecule has 1 rings (SSSR count). The lowest BCUT2D eigenvalue weighted by molar-refractivity contribution is -0.140. The summed E-state index contributed by atoms with van der Waals surface area (Å²) in [6.45, 7) is 2.67. The topological polar surface area (TPSA) is 12.0 Å². The van der Waals surface area contributed by atoms with E-state index in [1.807, 2.05) is 6.92 Å². The first kappa shape index (κ1) is 15.8. The van der Waals surface area contributed by atoms with Gasteiger partial charge in [-0.25, -0.2) is 0 Å². The van der Waals surface area contributed by atoms with Gasteiger partial charge in [0.1, 0.15) is 0 Å². The van der Waals surface area contributed by atoms with Gasteiger partial charge in [-0.2, -0.15) is 13.2 Å². The van der Waals surface area contributed by atoms with E-state index in [-0.39, 0.29) is 6.04 Å². The lowest BCUT2D eigenvalue weighted by atomic mass is 9.85.